The first-order valence-electron chi connectivity index (χ1n) is 19.8. The van der Waals surface area contributed by atoms with Crippen molar-refractivity contribution < 1.29 is 29.0 Å². The van der Waals surface area contributed by atoms with Gasteiger partial charge in [-0.15, -0.1) is 0 Å². The number of carbonyl (C=O) groups excluding carboxylic acids is 2. The number of aromatic amines is 1. The van der Waals surface area contributed by atoms with Crippen LogP contribution in [0.5, 0.6) is 0 Å². The molecule has 0 spiro atoms. The van der Waals surface area contributed by atoms with E-state index >= 15 is 0 Å². The van der Waals surface area contributed by atoms with Crippen molar-refractivity contribution in [3.63, 3.8) is 0 Å². The molecule has 0 amide bonds. The fraction of sp³-hybridized carbons (Fsp3) is 0.348. The van der Waals surface area contributed by atoms with Gasteiger partial charge in [0.1, 0.15) is 5.69 Å². The predicted molar refractivity (Wildman–Crippen MR) is 249 cm³/mol. The van der Waals surface area contributed by atoms with Gasteiger partial charge in [-0.1, -0.05) is 74.9 Å². The zero-order chi connectivity index (χ0) is 43.9. The summed E-state index contributed by atoms with van der Waals surface area (Å²) in [6.45, 7) is 10.3. The van der Waals surface area contributed by atoms with Crippen LogP contribution in [-0.4, -0.2) is 92.2 Å². The Morgan fingerprint density at radius 3 is 1.56 bits per heavy atom. The van der Waals surface area contributed by atoms with Gasteiger partial charge in [0, 0.05) is 34.2 Å². The van der Waals surface area contributed by atoms with Gasteiger partial charge in [0.15, 0.2) is 11.4 Å². The van der Waals surface area contributed by atoms with Crippen molar-refractivity contribution in [1.29, 1.82) is 0 Å². The highest BCUT2D eigenvalue weighted by Crippen LogP contribution is 2.18. The first-order chi connectivity index (χ1) is 28.9. The number of nitrogens with one attached hydrogen (secondary N) is 3. The second-order valence-corrected chi connectivity index (χ2v) is 14.6. The average Bonchev–Trinajstić information content (AvgIpc) is 4.07. The van der Waals surface area contributed by atoms with Gasteiger partial charge in [-0.2, -0.15) is 15.3 Å². The number of carboxylic acid groups (broad SMARTS) is 1. The molecule has 3 heterocycles. The number of aryl methyl sites for hydroxylation is 3. The Morgan fingerprint density at radius 2 is 1.16 bits per heavy atom. The summed E-state index contributed by atoms with van der Waals surface area (Å²) in [5, 5.41) is 29.7. The van der Waals surface area contributed by atoms with E-state index in [9.17, 15) is 14.4 Å². The molecule has 0 unspecified atom stereocenters. The van der Waals surface area contributed by atoms with Crippen LogP contribution in [0.25, 0.3) is 11.4 Å². The normalized spacial score (nSPS) is 13.7. The van der Waals surface area contributed by atoms with Gasteiger partial charge in [-0.05, 0) is 137 Å². The zero-order valence-electron chi connectivity index (χ0n) is 35.4. The summed E-state index contributed by atoms with van der Waals surface area (Å²) in [6.07, 6.45) is 10.4. The molecule has 0 saturated heterocycles. The van der Waals surface area contributed by atoms with E-state index < -0.39 is 5.97 Å². The molecule has 0 aliphatic heterocycles. The number of benzene rings is 3. The zero-order valence-corrected chi connectivity index (χ0v) is 37.5. The number of nitrogens with zero attached hydrogens (tertiary/aromatic N) is 5. The smallest absolute Gasteiger partial charge is 0.358 e. The highest BCUT2D eigenvalue weighted by atomic mass is 127. The lowest BCUT2D eigenvalue weighted by molar-refractivity contribution is 0.0509. The van der Waals surface area contributed by atoms with E-state index in [1.165, 1.54) is 47.1 Å². The standard InChI is InChI=1S/C13H14N2O2.C11H10N2O2.C8H18N2.C7H7I.C6H8N2O2.CH4/c1-3-17-13(16)11-8-9-15(14-11)12-7-5-4-6-10(12)2;1-8-4-2-3-5-10(8)13-7-6-9(12-13)11(14)15;1-9-7-5-3-4-6-8(7)10-2;1-6-4-2-3-5-7(6)8;1-2-10-6(9)5-3-4-7-8-5;/h4-9H,3H2,1-2H3;2-7H,1H3,(H,14,15);7-10H,3-6H2,1-2H3;2-5H,1H3;3-4H,2H2,1H3,(H,7,8);1H4/t;;7-,8-;;;/m..1.../s1. The number of rotatable bonds is 9. The Hall–Kier alpha value is -5.65. The Labute approximate surface area is 373 Å². The summed E-state index contributed by atoms with van der Waals surface area (Å²) in [5.74, 6) is -1.76. The van der Waals surface area contributed by atoms with Crippen LogP contribution in [0.3, 0.4) is 0 Å². The second-order valence-electron chi connectivity index (χ2n) is 13.4. The Morgan fingerprint density at radius 1 is 0.705 bits per heavy atom. The summed E-state index contributed by atoms with van der Waals surface area (Å²) >= 11 is 2.32. The van der Waals surface area contributed by atoms with Gasteiger partial charge in [-0.3, -0.25) is 5.10 Å². The number of H-pyrrole nitrogens is 1. The molecule has 4 N–H and O–H groups in total. The van der Waals surface area contributed by atoms with E-state index in [0.717, 1.165) is 22.5 Å². The van der Waals surface area contributed by atoms with Crippen LogP contribution < -0.4 is 10.6 Å². The predicted octanol–water partition coefficient (Wildman–Crippen LogP) is 8.79. The molecule has 1 aliphatic carbocycles. The van der Waals surface area contributed by atoms with Crippen molar-refractivity contribution >= 4 is 40.5 Å². The molecule has 0 radical (unpaired) electrons. The fourth-order valence-corrected chi connectivity index (χ4v) is 6.32. The molecule has 2 atom stereocenters. The molecular weight excluding hydrogens is 887 g/mol. The number of aromatic carboxylic acids is 1. The third kappa shape index (κ3) is 17.1. The molecule has 7 rings (SSSR count). The number of hydrogen-bond acceptors (Lipinski definition) is 10. The van der Waals surface area contributed by atoms with Gasteiger partial charge < -0.3 is 25.2 Å². The quantitative estimate of drug-likeness (QED) is 0.0805. The third-order valence-corrected chi connectivity index (χ3v) is 10.4. The molecule has 3 aromatic carbocycles. The third-order valence-electron chi connectivity index (χ3n) is 9.19. The first kappa shape index (κ1) is 51.5. The van der Waals surface area contributed by atoms with E-state index in [4.69, 9.17) is 9.84 Å². The highest BCUT2D eigenvalue weighted by Gasteiger charge is 2.21. The number of halogens is 1. The van der Waals surface area contributed by atoms with E-state index in [1.807, 2.05) is 62.4 Å². The van der Waals surface area contributed by atoms with Crippen LogP contribution in [0.4, 0.5) is 0 Å². The maximum atomic E-state index is 11.5. The number of aromatic nitrogens is 6. The lowest BCUT2D eigenvalue weighted by Gasteiger charge is -2.30. The molecule has 1 fully saturated rings. The summed E-state index contributed by atoms with van der Waals surface area (Å²) in [4.78, 5) is 32.9. The Balaban J connectivity index is 0.000000269. The summed E-state index contributed by atoms with van der Waals surface area (Å²) < 4.78 is 14.2. The van der Waals surface area contributed by atoms with Crippen LogP contribution in [0.1, 0.15) is 95.1 Å². The van der Waals surface area contributed by atoms with Crippen LogP contribution in [0.15, 0.2) is 110 Å². The van der Waals surface area contributed by atoms with Crippen LogP contribution in [0, 0.1) is 24.3 Å². The maximum absolute atomic E-state index is 11.5. The molecule has 1 aliphatic rings. The van der Waals surface area contributed by atoms with Crippen molar-refractivity contribution in [3.05, 3.63) is 147 Å². The van der Waals surface area contributed by atoms with Crippen molar-refractivity contribution in [3.8, 4) is 11.4 Å². The Bertz CT molecular complexity index is 2150. The van der Waals surface area contributed by atoms with Crippen molar-refractivity contribution in [1.82, 2.24) is 40.4 Å². The summed E-state index contributed by atoms with van der Waals surface area (Å²) in [5.41, 5.74) is 6.14. The minimum atomic E-state index is -1.01. The van der Waals surface area contributed by atoms with E-state index in [1.54, 1.807) is 47.7 Å². The van der Waals surface area contributed by atoms with Crippen molar-refractivity contribution in [2.75, 3.05) is 27.3 Å². The number of carboxylic acids is 1. The lowest BCUT2D eigenvalue weighted by Crippen LogP contribution is -2.47. The Kier molecular flexibility index (Phi) is 23.6. The van der Waals surface area contributed by atoms with Crippen LogP contribution in [-0.2, 0) is 9.47 Å². The highest BCUT2D eigenvalue weighted by molar-refractivity contribution is 14.1. The van der Waals surface area contributed by atoms with Crippen molar-refractivity contribution in [2.24, 2.45) is 0 Å². The van der Waals surface area contributed by atoms with Gasteiger partial charge in [0.05, 0.1) is 24.6 Å². The largest absolute Gasteiger partial charge is 0.476 e. The second kappa shape index (κ2) is 28.0. The minimum Gasteiger partial charge on any atom is -0.476 e. The van der Waals surface area contributed by atoms with Gasteiger partial charge >= 0.3 is 17.9 Å². The molecule has 15 heteroatoms. The molecule has 61 heavy (non-hydrogen) atoms. The topological polar surface area (TPSA) is 178 Å². The SMILES string of the molecule is C.CCOC(=O)c1ccn(-c2ccccc2C)n1.CCOC(=O)c1ccn[nH]1.CN[C@@H]1CCCC[C@H]1NC.Cc1ccccc1-n1ccc(C(=O)O)n1.Cc1ccccc1I. The maximum Gasteiger partial charge on any atom is 0.358 e. The number of para-hydroxylation sites is 2. The van der Waals surface area contributed by atoms with E-state index in [0.29, 0.717) is 36.7 Å². The van der Waals surface area contributed by atoms with E-state index in [-0.39, 0.29) is 25.1 Å². The number of esters is 2. The number of hydrogen-bond donors (Lipinski definition) is 4. The molecular formula is C46H61IN8O6. The number of carbonyl (C=O) groups is 3. The number of ether oxygens (including phenoxy) is 2. The van der Waals surface area contributed by atoms with Gasteiger partial charge in [-0.25, -0.2) is 23.7 Å². The molecule has 328 valence electrons. The molecule has 1 saturated carbocycles. The van der Waals surface area contributed by atoms with Crippen molar-refractivity contribution in [2.45, 2.75) is 79.8 Å². The fourth-order valence-electron chi connectivity index (χ4n) is 5.94. The molecule has 6 aromatic rings. The summed E-state index contributed by atoms with van der Waals surface area (Å²) in [7, 11) is 4.11. The number of likely N-dealkylation sites (N-methyl/N-ethyl adjacent to an activating group) is 2. The monoisotopic (exact) mass is 948 g/mol. The lowest BCUT2D eigenvalue weighted by atomic mass is 9.91. The van der Waals surface area contributed by atoms with Crippen LogP contribution in [0.2, 0.25) is 0 Å². The summed E-state index contributed by atoms with van der Waals surface area (Å²) in [6, 6.07) is 30.0. The minimum absolute atomic E-state index is 0. The van der Waals surface area contributed by atoms with Gasteiger partial charge in [0.2, 0.25) is 0 Å². The first-order valence-corrected chi connectivity index (χ1v) is 20.9. The van der Waals surface area contributed by atoms with E-state index in [2.05, 4.69) is 104 Å². The average molecular weight is 949 g/mol. The van der Waals surface area contributed by atoms with Crippen LogP contribution >= 0.6 is 22.6 Å². The molecule has 0 bridgehead atoms. The molecule has 3 aromatic heterocycles. The molecule has 14 nitrogen and oxygen atoms in total. The van der Waals surface area contributed by atoms with Gasteiger partial charge in [0.25, 0.3) is 0 Å².